The van der Waals surface area contributed by atoms with Gasteiger partial charge in [0.25, 0.3) is 0 Å². The van der Waals surface area contributed by atoms with Gasteiger partial charge < -0.3 is 16.0 Å². The topological polar surface area (TPSA) is 61.6 Å². The average Bonchev–Trinajstić information content (AvgIpc) is 2.85. The minimum Gasteiger partial charge on any atom is -0.368 e. The van der Waals surface area contributed by atoms with Crippen LogP contribution in [0.5, 0.6) is 0 Å². The zero-order valence-electron chi connectivity index (χ0n) is 13.8. The molecule has 20 heavy (non-hydrogen) atoms. The predicted molar refractivity (Wildman–Crippen MR) is 83.6 cm³/mol. The maximum Gasteiger partial charge on any atom is 0.237 e. The van der Waals surface area contributed by atoms with Crippen molar-refractivity contribution in [3.05, 3.63) is 0 Å². The van der Waals surface area contributed by atoms with Crippen molar-refractivity contribution >= 4 is 5.91 Å². The first-order chi connectivity index (χ1) is 9.34. The second-order valence-electron chi connectivity index (χ2n) is 6.36. The lowest BCUT2D eigenvalue weighted by atomic mass is 9.92. The summed E-state index contributed by atoms with van der Waals surface area (Å²) < 4.78 is 0. The summed E-state index contributed by atoms with van der Waals surface area (Å²) in [6.45, 7) is 9.69. The SMILES string of the molecule is CCN1CCCC1CN(C)C(C)CC(C)(NC)C(N)=O. The number of hydrogen-bond acceptors (Lipinski definition) is 4. The second-order valence-corrected chi connectivity index (χ2v) is 6.36. The minimum absolute atomic E-state index is 0.281. The number of likely N-dealkylation sites (N-methyl/N-ethyl adjacent to an activating group) is 3. The van der Waals surface area contributed by atoms with Crippen molar-refractivity contribution in [2.45, 2.75) is 57.7 Å². The maximum absolute atomic E-state index is 11.6. The van der Waals surface area contributed by atoms with Gasteiger partial charge in [-0.15, -0.1) is 0 Å². The van der Waals surface area contributed by atoms with Gasteiger partial charge in [0.15, 0.2) is 0 Å². The van der Waals surface area contributed by atoms with Crippen molar-refractivity contribution in [2.75, 3.05) is 33.7 Å². The third-order valence-corrected chi connectivity index (χ3v) is 4.96. The van der Waals surface area contributed by atoms with Crippen molar-refractivity contribution in [3.8, 4) is 0 Å². The van der Waals surface area contributed by atoms with E-state index in [1.165, 1.54) is 19.4 Å². The molecule has 1 fully saturated rings. The lowest BCUT2D eigenvalue weighted by molar-refractivity contribution is -0.124. The zero-order valence-corrected chi connectivity index (χ0v) is 13.8. The van der Waals surface area contributed by atoms with Crippen LogP contribution in [0.15, 0.2) is 0 Å². The number of primary amides is 1. The Morgan fingerprint density at radius 1 is 1.60 bits per heavy atom. The number of nitrogens with zero attached hydrogens (tertiary/aromatic N) is 2. The Bertz CT molecular complexity index is 323. The normalized spacial score (nSPS) is 24.8. The van der Waals surface area contributed by atoms with Crippen LogP contribution in [0.1, 0.15) is 40.0 Å². The molecule has 5 heteroatoms. The molecule has 1 heterocycles. The van der Waals surface area contributed by atoms with Gasteiger partial charge >= 0.3 is 0 Å². The van der Waals surface area contributed by atoms with Crippen LogP contribution < -0.4 is 11.1 Å². The fraction of sp³-hybridized carbons (Fsp3) is 0.933. The Morgan fingerprint density at radius 2 is 2.25 bits per heavy atom. The minimum atomic E-state index is -0.631. The van der Waals surface area contributed by atoms with Crippen molar-refractivity contribution in [3.63, 3.8) is 0 Å². The first-order valence-electron chi connectivity index (χ1n) is 7.77. The number of nitrogens with two attached hydrogens (primary N) is 1. The molecule has 0 bridgehead atoms. The molecule has 0 aromatic rings. The molecule has 3 N–H and O–H groups in total. The Balaban J connectivity index is 2.54. The van der Waals surface area contributed by atoms with Crippen LogP contribution in [0.4, 0.5) is 0 Å². The van der Waals surface area contributed by atoms with Crippen LogP contribution in [-0.2, 0) is 4.79 Å². The van der Waals surface area contributed by atoms with E-state index in [0.717, 1.165) is 19.5 Å². The molecule has 1 rings (SSSR count). The molecular formula is C15H32N4O. The van der Waals surface area contributed by atoms with Crippen LogP contribution >= 0.6 is 0 Å². The molecule has 0 spiro atoms. The van der Waals surface area contributed by atoms with Gasteiger partial charge in [0.2, 0.25) is 5.91 Å². The summed E-state index contributed by atoms with van der Waals surface area (Å²) >= 11 is 0. The van der Waals surface area contributed by atoms with Crippen LogP contribution in [0.25, 0.3) is 0 Å². The summed E-state index contributed by atoms with van der Waals surface area (Å²) in [6, 6.07) is 0.973. The molecular weight excluding hydrogens is 252 g/mol. The molecule has 1 aliphatic heterocycles. The molecule has 1 aliphatic rings. The third-order valence-electron chi connectivity index (χ3n) is 4.96. The van der Waals surface area contributed by atoms with Crippen LogP contribution in [0, 0.1) is 0 Å². The molecule has 3 unspecified atom stereocenters. The Kier molecular flexibility index (Phi) is 6.43. The van der Waals surface area contributed by atoms with E-state index >= 15 is 0 Å². The molecule has 118 valence electrons. The molecule has 0 aromatic heterocycles. The van der Waals surface area contributed by atoms with Gasteiger partial charge in [0.1, 0.15) is 0 Å². The van der Waals surface area contributed by atoms with Gasteiger partial charge in [-0.1, -0.05) is 6.92 Å². The van der Waals surface area contributed by atoms with E-state index in [9.17, 15) is 4.79 Å². The second kappa shape index (κ2) is 7.38. The van der Waals surface area contributed by atoms with Crippen LogP contribution in [0.2, 0.25) is 0 Å². The fourth-order valence-corrected chi connectivity index (χ4v) is 3.10. The standard InChI is InChI=1S/C15H32N4O/c1-6-19-9-7-8-13(19)11-18(5)12(2)10-15(3,17-4)14(16)20/h12-13,17H,6-11H2,1-5H3,(H2,16,20). The summed E-state index contributed by atoms with van der Waals surface area (Å²) in [5.74, 6) is -0.281. The number of likely N-dealkylation sites (tertiary alicyclic amines) is 1. The summed E-state index contributed by atoms with van der Waals surface area (Å²) in [4.78, 5) is 16.5. The monoisotopic (exact) mass is 284 g/mol. The quantitative estimate of drug-likeness (QED) is 0.687. The summed E-state index contributed by atoms with van der Waals surface area (Å²) in [5.41, 5.74) is 4.88. The predicted octanol–water partition coefficient (Wildman–Crippen LogP) is 0.645. The van der Waals surface area contributed by atoms with E-state index in [1.807, 2.05) is 6.92 Å². The summed E-state index contributed by atoms with van der Waals surface area (Å²) in [6.07, 6.45) is 3.31. The van der Waals surface area contributed by atoms with Crippen molar-refractivity contribution < 1.29 is 4.79 Å². The lowest BCUT2D eigenvalue weighted by Gasteiger charge is -2.35. The van der Waals surface area contributed by atoms with Crippen LogP contribution in [-0.4, -0.2) is 67.1 Å². The van der Waals surface area contributed by atoms with Gasteiger partial charge in [-0.3, -0.25) is 9.69 Å². The molecule has 0 radical (unpaired) electrons. The van der Waals surface area contributed by atoms with Gasteiger partial charge in [0, 0.05) is 18.6 Å². The highest BCUT2D eigenvalue weighted by atomic mass is 16.1. The molecule has 5 nitrogen and oxygen atoms in total. The fourth-order valence-electron chi connectivity index (χ4n) is 3.10. The highest BCUT2D eigenvalue weighted by Gasteiger charge is 2.33. The Labute approximate surface area is 123 Å². The maximum atomic E-state index is 11.6. The number of carbonyl (C=O) groups excluding carboxylic acids is 1. The number of hydrogen-bond donors (Lipinski definition) is 2. The first kappa shape index (κ1) is 17.4. The Hall–Kier alpha value is -0.650. The van der Waals surface area contributed by atoms with Gasteiger partial charge in [-0.25, -0.2) is 0 Å². The average molecular weight is 284 g/mol. The molecule has 0 aliphatic carbocycles. The van der Waals surface area contributed by atoms with E-state index in [0.29, 0.717) is 12.1 Å². The molecule has 1 saturated heterocycles. The van der Waals surface area contributed by atoms with Gasteiger partial charge in [-0.2, -0.15) is 0 Å². The highest BCUT2D eigenvalue weighted by molar-refractivity contribution is 5.84. The van der Waals surface area contributed by atoms with Crippen molar-refractivity contribution in [1.29, 1.82) is 0 Å². The third kappa shape index (κ3) is 4.17. The van der Waals surface area contributed by atoms with E-state index in [2.05, 4.69) is 36.0 Å². The number of carbonyl (C=O) groups is 1. The molecule has 3 atom stereocenters. The number of nitrogens with one attached hydrogen (secondary N) is 1. The van der Waals surface area contributed by atoms with Crippen molar-refractivity contribution in [1.82, 2.24) is 15.1 Å². The zero-order chi connectivity index (χ0) is 15.3. The smallest absolute Gasteiger partial charge is 0.237 e. The van der Waals surface area contributed by atoms with E-state index < -0.39 is 5.54 Å². The lowest BCUT2D eigenvalue weighted by Crippen LogP contribution is -2.55. The molecule has 0 saturated carbocycles. The summed E-state index contributed by atoms with van der Waals surface area (Å²) in [5, 5.41) is 3.07. The highest BCUT2D eigenvalue weighted by Crippen LogP contribution is 2.20. The van der Waals surface area contributed by atoms with Gasteiger partial charge in [-0.05, 0) is 60.3 Å². The Morgan fingerprint density at radius 3 is 2.75 bits per heavy atom. The molecule has 0 aromatic carbocycles. The molecule has 1 amide bonds. The number of rotatable bonds is 8. The largest absolute Gasteiger partial charge is 0.368 e. The summed E-state index contributed by atoms with van der Waals surface area (Å²) in [7, 11) is 3.95. The van der Waals surface area contributed by atoms with Crippen LogP contribution in [0.3, 0.4) is 0 Å². The van der Waals surface area contributed by atoms with E-state index in [4.69, 9.17) is 5.73 Å². The van der Waals surface area contributed by atoms with E-state index in [1.54, 1.807) is 7.05 Å². The van der Waals surface area contributed by atoms with E-state index in [-0.39, 0.29) is 5.91 Å². The van der Waals surface area contributed by atoms with Crippen molar-refractivity contribution in [2.24, 2.45) is 5.73 Å². The van der Waals surface area contributed by atoms with Gasteiger partial charge in [0.05, 0.1) is 5.54 Å². The first-order valence-corrected chi connectivity index (χ1v) is 7.77. The number of amides is 1.